The molecule has 178 valence electrons. The Labute approximate surface area is 212 Å². The van der Waals surface area contributed by atoms with Gasteiger partial charge in [-0.3, -0.25) is 24.7 Å². The lowest BCUT2D eigenvalue weighted by Gasteiger charge is -2.24. The van der Waals surface area contributed by atoms with E-state index in [9.17, 15) is 14.4 Å². The fourth-order valence-electron chi connectivity index (χ4n) is 3.55. The number of ether oxygens (including phenoxy) is 1. The van der Waals surface area contributed by atoms with E-state index >= 15 is 0 Å². The van der Waals surface area contributed by atoms with E-state index < -0.39 is 23.8 Å². The van der Waals surface area contributed by atoms with Gasteiger partial charge in [-0.2, -0.15) is 0 Å². The van der Waals surface area contributed by atoms with Crippen LogP contribution >= 0.6 is 23.8 Å². The molecule has 0 saturated carbocycles. The van der Waals surface area contributed by atoms with E-state index in [0.717, 1.165) is 0 Å². The number of thiocarbonyl (C=S) groups is 1. The Hall–Kier alpha value is -3.95. The van der Waals surface area contributed by atoms with Gasteiger partial charge in [0, 0.05) is 16.3 Å². The van der Waals surface area contributed by atoms with Gasteiger partial charge in [-0.05, 0) is 72.9 Å². The van der Waals surface area contributed by atoms with E-state index in [1.807, 2.05) is 0 Å². The fourth-order valence-corrected chi connectivity index (χ4v) is 4.05. The van der Waals surface area contributed by atoms with E-state index in [1.165, 1.54) is 9.91 Å². The topological polar surface area (TPSA) is 91.0 Å². The first-order valence-corrected chi connectivity index (χ1v) is 11.4. The summed E-state index contributed by atoms with van der Waals surface area (Å²) in [5.41, 5.74) is 4.09. The van der Waals surface area contributed by atoms with Crippen LogP contribution in [0.5, 0.6) is 5.75 Å². The summed E-state index contributed by atoms with van der Waals surface area (Å²) < 4.78 is 5.12. The second kappa shape index (κ2) is 10.5. The fraction of sp³-hybridized carbons (Fsp3) is 0.120. The highest BCUT2D eigenvalue weighted by Gasteiger charge is 2.45. The van der Waals surface area contributed by atoms with Gasteiger partial charge in [-0.15, -0.1) is 0 Å². The van der Waals surface area contributed by atoms with Crippen LogP contribution in [0.25, 0.3) is 0 Å². The van der Waals surface area contributed by atoms with Gasteiger partial charge in [0.25, 0.3) is 11.8 Å². The lowest BCUT2D eigenvalue weighted by Crippen LogP contribution is -2.49. The number of benzene rings is 3. The largest absolute Gasteiger partial charge is 0.497 e. The molecule has 0 aromatic heterocycles. The number of carbonyl (C=O) groups is 3. The molecular weight excluding hydrogens is 488 g/mol. The van der Waals surface area contributed by atoms with Crippen LogP contribution in [-0.4, -0.2) is 41.0 Å². The van der Waals surface area contributed by atoms with Crippen molar-refractivity contribution in [2.45, 2.75) is 12.5 Å². The zero-order chi connectivity index (χ0) is 24.9. The number of hydrogen-bond acceptors (Lipinski definition) is 5. The Morgan fingerprint density at radius 1 is 1.00 bits per heavy atom. The molecule has 4 rings (SSSR count). The number of amides is 3. The first-order chi connectivity index (χ1) is 16.9. The maximum atomic E-state index is 13.4. The van der Waals surface area contributed by atoms with Crippen LogP contribution in [0.15, 0.2) is 78.9 Å². The molecule has 3 aromatic carbocycles. The molecule has 0 spiro atoms. The summed E-state index contributed by atoms with van der Waals surface area (Å²) in [4.78, 5) is 40.4. The number of halogens is 1. The van der Waals surface area contributed by atoms with Crippen LogP contribution in [-0.2, 0) is 9.59 Å². The molecular formula is C25H21ClN4O4S. The molecule has 1 fully saturated rings. The van der Waals surface area contributed by atoms with Gasteiger partial charge in [0.2, 0.25) is 11.0 Å². The second-order valence-electron chi connectivity index (χ2n) is 7.61. The number of rotatable bonds is 7. The summed E-state index contributed by atoms with van der Waals surface area (Å²) in [5.74, 6) is -0.684. The number of nitrogens with one attached hydrogen (secondary N) is 2. The van der Waals surface area contributed by atoms with Crippen LogP contribution in [0.1, 0.15) is 16.8 Å². The van der Waals surface area contributed by atoms with Gasteiger partial charge >= 0.3 is 0 Å². The molecule has 1 saturated heterocycles. The Morgan fingerprint density at radius 2 is 1.66 bits per heavy atom. The molecule has 2 N–H and O–H groups in total. The van der Waals surface area contributed by atoms with Crippen molar-refractivity contribution in [2.75, 3.05) is 17.3 Å². The van der Waals surface area contributed by atoms with Gasteiger partial charge < -0.3 is 10.1 Å². The molecule has 0 radical (unpaired) electrons. The number of anilines is 2. The van der Waals surface area contributed by atoms with Crippen molar-refractivity contribution in [3.05, 3.63) is 89.4 Å². The van der Waals surface area contributed by atoms with Crippen LogP contribution in [0.4, 0.5) is 11.4 Å². The Kier molecular flexibility index (Phi) is 7.28. The average Bonchev–Trinajstić information content (AvgIpc) is 3.09. The normalized spacial score (nSPS) is 15.2. The standard InChI is InChI=1S/C25H21ClN4O4S/c1-34-20-13-9-18(10-14-20)27-22(31)15-21-24(33)29(19-11-7-17(26)8-12-19)25(35)30(21)28-23(32)16-5-3-2-4-6-16/h2-14,21H,15H2,1H3,(H,27,31)(H,28,32)/t21-/m0/s1. The minimum absolute atomic E-state index is 0.0452. The van der Waals surface area contributed by atoms with Crippen molar-refractivity contribution in [1.29, 1.82) is 0 Å². The van der Waals surface area contributed by atoms with Crippen molar-refractivity contribution in [2.24, 2.45) is 0 Å². The molecule has 1 aliphatic heterocycles. The van der Waals surface area contributed by atoms with Gasteiger partial charge in [0.05, 0.1) is 19.2 Å². The van der Waals surface area contributed by atoms with E-state index in [0.29, 0.717) is 27.7 Å². The van der Waals surface area contributed by atoms with Gasteiger partial charge in [0.15, 0.2) is 0 Å². The zero-order valence-corrected chi connectivity index (χ0v) is 20.2. The number of nitrogens with zero attached hydrogens (tertiary/aromatic N) is 2. The van der Waals surface area contributed by atoms with E-state index in [2.05, 4.69) is 10.7 Å². The summed E-state index contributed by atoms with van der Waals surface area (Å²) in [6.45, 7) is 0. The Morgan fingerprint density at radius 3 is 2.29 bits per heavy atom. The average molecular weight is 509 g/mol. The molecule has 8 nitrogen and oxygen atoms in total. The highest BCUT2D eigenvalue weighted by atomic mass is 35.5. The summed E-state index contributed by atoms with van der Waals surface area (Å²) >= 11 is 11.5. The first-order valence-electron chi connectivity index (χ1n) is 10.6. The number of hydrogen-bond donors (Lipinski definition) is 2. The highest BCUT2D eigenvalue weighted by Crippen LogP contribution is 2.28. The van der Waals surface area contributed by atoms with Crippen LogP contribution in [0.2, 0.25) is 5.02 Å². The maximum absolute atomic E-state index is 13.4. The Bertz CT molecular complexity index is 1250. The summed E-state index contributed by atoms with van der Waals surface area (Å²) in [6.07, 6.45) is -0.246. The molecule has 35 heavy (non-hydrogen) atoms. The summed E-state index contributed by atoms with van der Waals surface area (Å²) in [6, 6.07) is 20.8. The van der Waals surface area contributed by atoms with Crippen molar-refractivity contribution in [1.82, 2.24) is 10.4 Å². The van der Waals surface area contributed by atoms with Gasteiger partial charge in [-0.1, -0.05) is 29.8 Å². The molecule has 0 aliphatic carbocycles. The molecule has 1 aliphatic rings. The zero-order valence-electron chi connectivity index (χ0n) is 18.6. The van der Waals surface area contributed by atoms with E-state index in [1.54, 1.807) is 86.0 Å². The van der Waals surface area contributed by atoms with Crippen molar-refractivity contribution < 1.29 is 19.1 Å². The lowest BCUT2D eigenvalue weighted by atomic mass is 10.1. The summed E-state index contributed by atoms with van der Waals surface area (Å²) in [5, 5.41) is 4.56. The molecule has 1 heterocycles. The Balaban J connectivity index is 1.57. The smallest absolute Gasteiger partial charge is 0.269 e. The predicted octanol–water partition coefficient (Wildman–Crippen LogP) is 4.02. The van der Waals surface area contributed by atoms with E-state index in [-0.39, 0.29) is 11.5 Å². The monoisotopic (exact) mass is 508 g/mol. The minimum atomic E-state index is -1.05. The molecule has 0 bridgehead atoms. The maximum Gasteiger partial charge on any atom is 0.269 e. The summed E-state index contributed by atoms with van der Waals surface area (Å²) in [7, 11) is 1.55. The SMILES string of the molecule is COc1ccc(NC(=O)C[C@H]2C(=O)N(c3ccc(Cl)cc3)C(=S)N2NC(=O)c2ccccc2)cc1. The first kappa shape index (κ1) is 24.2. The second-order valence-corrected chi connectivity index (χ2v) is 8.41. The predicted molar refractivity (Wildman–Crippen MR) is 137 cm³/mol. The van der Waals surface area contributed by atoms with Crippen LogP contribution in [0, 0.1) is 0 Å². The third kappa shape index (κ3) is 5.42. The van der Waals surface area contributed by atoms with Gasteiger partial charge in [0.1, 0.15) is 11.8 Å². The van der Waals surface area contributed by atoms with Gasteiger partial charge in [-0.25, -0.2) is 5.01 Å². The minimum Gasteiger partial charge on any atom is -0.497 e. The van der Waals surface area contributed by atoms with Crippen molar-refractivity contribution in [3.63, 3.8) is 0 Å². The van der Waals surface area contributed by atoms with Crippen molar-refractivity contribution >= 4 is 58.0 Å². The third-order valence-corrected chi connectivity index (χ3v) is 5.94. The van der Waals surface area contributed by atoms with E-state index in [4.69, 9.17) is 28.6 Å². The lowest BCUT2D eigenvalue weighted by molar-refractivity contribution is -0.124. The number of methoxy groups -OCH3 is 1. The highest BCUT2D eigenvalue weighted by molar-refractivity contribution is 7.80. The van der Waals surface area contributed by atoms with Crippen LogP contribution in [0.3, 0.4) is 0 Å². The number of hydrazine groups is 1. The molecule has 10 heteroatoms. The van der Waals surface area contributed by atoms with Crippen molar-refractivity contribution in [3.8, 4) is 5.75 Å². The third-order valence-electron chi connectivity index (χ3n) is 5.31. The van der Waals surface area contributed by atoms with Crippen LogP contribution < -0.4 is 20.4 Å². The molecule has 3 amide bonds. The molecule has 3 aromatic rings. The molecule has 0 unspecified atom stereocenters. The number of carbonyl (C=O) groups excluding carboxylic acids is 3. The molecule has 1 atom stereocenters. The quantitative estimate of drug-likeness (QED) is 0.468.